The summed E-state index contributed by atoms with van der Waals surface area (Å²) in [5.41, 5.74) is 0.819. The molecule has 3 N–H and O–H groups in total. The van der Waals surface area contributed by atoms with Crippen LogP contribution < -0.4 is 0 Å². The summed E-state index contributed by atoms with van der Waals surface area (Å²) in [6, 6.07) is 9.34. The van der Waals surface area contributed by atoms with Crippen LogP contribution >= 0.6 is 0 Å². The summed E-state index contributed by atoms with van der Waals surface area (Å²) in [5, 5.41) is 30.2. The van der Waals surface area contributed by atoms with Gasteiger partial charge < -0.3 is 24.8 Å². The molecule has 0 amide bonds. The molecule has 5 nitrogen and oxygen atoms in total. The van der Waals surface area contributed by atoms with Gasteiger partial charge in [-0.1, -0.05) is 44.2 Å². The molecule has 1 aromatic carbocycles. The molecule has 1 unspecified atom stereocenters. The second-order valence-corrected chi connectivity index (χ2v) is 5.93. The Morgan fingerprint density at radius 1 is 1.19 bits per heavy atom. The second-order valence-electron chi connectivity index (χ2n) is 5.93. The quantitative estimate of drug-likeness (QED) is 0.761. The number of rotatable bonds is 5. The smallest absolute Gasteiger partial charge is 0.184 e. The molecule has 1 heterocycles. The Kier molecular flexibility index (Phi) is 5.72. The summed E-state index contributed by atoms with van der Waals surface area (Å²) in [7, 11) is 0. The minimum absolute atomic E-state index is 0.0652. The van der Waals surface area contributed by atoms with Crippen LogP contribution in [-0.2, 0) is 9.47 Å². The fourth-order valence-electron chi connectivity index (χ4n) is 2.49. The van der Waals surface area contributed by atoms with Crippen LogP contribution in [0.15, 0.2) is 30.3 Å². The van der Waals surface area contributed by atoms with E-state index in [9.17, 15) is 15.3 Å². The predicted octanol–water partition coefficient (Wildman–Crippen LogP) is 1.23. The van der Waals surface area contributed by atoms with Crippen LogP contribution in [0.5, 0.6) is 0 Å². The number of hydrogen-bond acceptors (Lipinski definition) is 5. The molecule has 1 aliphatic heterocycles. The first-order valence-corrected chi connectivity index (χ1v) is 7.35. The molecule has 0 aliphatic carbocycles. The first-order valence-electron chi connectivity index (χ1n) is 7.35. The fraction of sp³-hybridized carbons (Fsp3) is 0.625. The van der Waals surface area contributed by atoms with Gasteiger partial charge >= 0.3 is 0 Å². The minimum atomic E-state index is -1.14. The zero-order chi connectivity index (χ0) is 15.4. The third kappa shape index (κ3) is 4.25. The zero-order valence-electron chi connectivity index (χ0n) is 12.4. The summed E-state index contributed by atoms with van der Waals surface area (Å²) in [4.78, 5) is 0. The lowest BCUT2D eigenvalue weighted by Gasteiger charge is -2.38. The molecule has 0 radical (unpaired) electrons. The first-order chi connectivity index (χ1) is 9.99. The van der Waals surface area contributed by atoms with Gasteiger partial charge in [-0.05, 0) is 12.3 Å². The average molecular weight is 296 g/mol. The van der Waals surface area contributed by atoms with E-state index in [2.05, 4.69) is 0 Å². The zero-order valence-corrected chi connectivity index (χ0v) is 12.4. The Balaban J connectivity index is 2.04. The third-order valence-electron chi connectivity index (χ3n) is 3.59. The predicted molar refractivity (Wildman–Crippen MR) is 77.5 cm³/mol. The van der Waals surface area contributed by atoms with Crippen molar-refractivity contribution in [2.24, 2.45) is 5.92 Å². The lowest BCUT2D eigenvalue weighted by molar-refractivity contribution is -0.283. The molecule has 0 aromatic heterocycles. The van der Waals surface area contributed by atoms with Crippen molar-refractivity contribution < 1.29 is 24.8 Å². The van der Waals surface area contributed by atoms with Crippen molar-refractivity contribution in [2.75, 3.05) is 6.61 Å². The van der Waals surface area contributed by atoms with Crippen LogP contribution in [0.1, 0.15) is 32.1 Å². The lowest BCUT2D eigenvalue weighted by Crippen LogP contribution is -2.51. The van der Waals surface area contributed by atoms with E-state index in [0.29, 0.717) is 6.42 Å². The molecular formula is C16H24O5. The third-order valence-corrected chi connectivity index (χ3v) is 3.59. The largest absolute Gasteiger partial charge is 0.390 e. The standard InChI is InChI=1S/C16H24O5/c1-10(2)8-12(17)14(19)15-13(18)9-20-16(21-15)11-6-4-3-5-7-11/h3-7,10,12-19H,8-9H2,1-2H3/t12-,13+,14+,15+,16?/m0/s1. The van der Waals surface area contributed by atoms with Crippen molar-refractivity contribution >= 4 is 0 Å². The van der Waals surface area contributed by atoms with Crippen LogP contribution in [0.25, 0.3) is 0 Å². The van der Waals surface area contributed by atoms with Gasteiger partial charge in [-0.2, -0.15) is 0 Å². The summed E-state index contributed by atoms with van der Waals surface area (Å²) in [5.74, 6) is 0.247. The van der Waals surface area contributed by atoms with Gasteiger partial charge in [0.1, 0.15) is 18.3 Å². The van der Waals surface area contributed by atoms with E-state index in [1.165, 1.54) is 0 Å². The molecule has 2 rings (SSSR count). The van der Waals surface area contributed by atoms with Crippen LogP contribution in [0.2, 0.25) is 0 Å². The SMILES string of the molecule is CC(C)C[C@H](O)[C@@H](O)[C@@H]1OC(c2ccccc2)OC[C@H]1O. The van der Waals surface area contributed by atoms with E-state index < -0.39 is 30.7 Å². The minimum Gasteiger partial charge on any atom is -0.390 e. The molecule has 21 heavy (non-hydrogen) atoms. The monoisotopic (exact) mass is 296 g/mol. The van der Waals surface area contributed by atoms with E-state index in [-0.39, 0.29) is 12.5 Å². The number of aliphatic hydroxyl groups excluding tert-OH is 3. The molecule has 1 fully saturated rings. The van der Waals surface area contributed by atoms with Gasteiger partial charge in [0.05, 0.1) is 12.7 Å². The molecule has 1 saturated heterocycles. The van der Waals surface area contributed by atoms with Crippen LogP contribution in [0, 0.1) is 5.92 Å². The maximum absolute atomic E-state index is 10.2. The molecule has 0 saturated carbocycles. The highest BCUT2D eigenvalue weighted by atomic mass is 16.7. The normalized spacial score (nSPS) is 29.3. The van der Waals surface area contributed by atoms with Crippen LogP contribution in [0.4, 0.5) is 0 Å². The fourth-order valence-corrected chi connectivity index (χ4v) is 2.49. The Labute approximate surface area is 125 Å². The van der Waals surface area contributed by atoms with E-state index in [1.54, 1.807) is 0 Å². The van der Waals surface area contributed by atoms with Gasteiger partial charge in [-0.15, -0.1) is 0 Å². The number of ether oxygens (including phenoxy) is 2. The number of benzene rings is 1. The summed E-state index contributed by atoms with van der Waals surface area (Å²) >= 11 is 0. The summed E-state index contributed by atoms with van der Waals surface area (Å²) in [6.07, 6.45) is -4.08. The average Bonchev–Trinajstić information content (AvgIpc) is 2.47. The van der Waals surface area contributed by atoms with Gasteiger partial charge in [0.2, 0.25) is 0 Å². The number of hydrogen-bond donors (Lipinski definition) is 3. The Bertz CT molecular complexity index is 422. The van der Waals surface area contributed by atoms with Crippen molar-refractivity contribution in [2.45, 2.75) is 51.0 Å². The highest BCUT2D eigenvalue weighted by Crippen LogP contribution is 2.29. The van der Waals surface area contributed by atoms with Gasteiger partial charge in [0.15, 0.2) is 6.29 Å². The van der Waals surface area contributed by atoms with Crippen molar-refractivity contribution in [3.05, 3.63) is 35.9 Å². The van der Waals surface area contributed by atoms with E-state index >= 15 is 0 Å². The maximum atomic E-state index is 10.2. The molecule has 118 valence electrons. The second kappa shape index (κ2) is 7.33. The van der Waals surface area contributed by atoms with E-state index in [1.807, 2.05) is 44.2 Å². The Morgan fingerprint density at radius 3 is 2.48 bits per heavy atom. The Hall–Kier alpha value is -0.980. The summed E-state index contributed by atoms with van der Waals surface area (Å²) < 4.78 is 11.1. The van der Waals surface area contributed by atoms with Crippen molar-refractivity contribution in [1.29, 1.82) is 0 Å². The summed E-state index contributed by atoms with van der Waals surface area (Å²) in [6.45, 7) is 3.99. The van der Waals surface area contributed by atoms with E-state index in [4.69, 9.17) is 9.47 Å². The topological polar surface area (TPSA) is 79.2 Å². The van der Waals surface area contributed by atoms with Gasteiger partial charge in [-0.3, -0.25) is 0 Å². The maximum Gasteiger partial charge on any atom is 0.184 e. The van der Waals surface area contributed by atoms with Gasteiger partial charge in [-0.25, -0.2) is 0 Å². The molecule has 0 bridgehead atoms. The van der Waals surface area contributed by atoms with Crippen LogP contribution in [0.3, 0.4) is 0 Å². The molecule has 1 aliphatic rings. The van der Waals surface area contributed by atoms with Gasteiger partial charge in [0.25, 0.3) is 0 Å². The van der Waals surface area contributed by atoms with Crippen molar-refractivity contribution in [3.63, 3.8) is 0 Å². The van der Waals surface area contributed by atoms with Gasteiger partial charge in [0, 0.05) is 5.56 Å². The molecule has 1 aromatic rings. The number of aliphatic hydroxyl groups is 3. The molecular weight excluding hydrogens is 272 g/mol. The highest BCUT2D eigenvalue weighted by Gasteiger charge is 2.39. The highest BCUT2D eigenvalue weighted by molar-refractivity contribution is 5.16. The lowest BCUT2D eigenvalue weighted by atomic mass is 9.95. The molecule has 0 spiro atoms. The first kappa shape index (κ1) is 16.4. The van der Waals surface area contributed by atoms with Crippen molar-refractivity contribution in [1.82, 2.24) is 0 Å². The Morgan fingerprint density at radius 2 is 1.86 bits per heavy atom. The van der Waals surface area contributed by atoms with E-state index in [0.717, 1.165) is 5.56 Å². The van der Waals surface area contributed by atoms with Crippen LogP contribution in [-0.4, -0.2) is 46.3 Å². The molecule has 5 heteroatoms. The molecule has 5 atom stereocenters. The van der Waals surface area contributed by atoms with Crippen molar-refractivity contribution in [3.8, 4) is 0 Å².